The number of nitrogens with one attached hydrogen (secondary N) is 1. The average Bonchev–Trinajstić information content (AvgIpc) is 3.09. The normalized spacial score (nSPS) is 18.2. The molecule has 4 rings (SSSR count). The average molecular weight is 380 g/mol. The van der Waals surface area contributed by atoms with Crippen molar-refractivity contribution in [3.05, 3.63) is 48.2 Å². The van der Waals surface area contributed by atoms with Crippen LogP contribution in [0.25, 0.3) is 21.7 Å². The molecule has 2 heterocycles. The van der Waals surface area contributed by atoms with Crippen molar-refractivity contribution in [1.82, 2.24) is 10.2 Å². The maximum atomic E-state index is 12.6. The lowest BCUT2D eigenvalue weighted by Crippen LogP contribution is -2.48. The van der Waals surface area contributed by atoms with E-state index in [9.17, 15) is 4.79 Å². The summed E-state index contributed by atoms with van der Waals surface area (Å²) in [6.45, 7) is 8.64. The van der Waals surface area contributed by atoms with Crippen molar-refractivity contribution in [2.24, 2.45) is 5.92 Å². The highest BCUT2D eigenvalue weighted by Gasteiger charge is 2.22. The minimum absolute atomic E-state index is 0.000201. The lowest BCUT2D eigenvalue weighted by molar-refractivity contribution is -0.121. The number of rotatable bonds is 6. The molecule has 1 saturated heterocycles. The second-order valence-electron chi connectivity index (χ2n) is 8.05. The molecule has 28 heavy (non-hydrogen) atoms. The first-order valence-corrected chi connectivity index (χ1v) is 10.1. The zero-order valence-electron chi connectivity index (χ0n) is 16.6. The van der Waals surface area contributed by atoms with Crippen LogP contribution in [0.5, 0.6) is 0 Å². The van der Waals surface area contributed by atoms with Gasteiger partial charge in [-0.1, -0.05) is 44.2 Å². The van der Waals surface area contributed by atoms with E-state index in [1.165, 1.54) is 0 Å². The second kappa shape index (κ2) is 8.33. The van der Waals surface area contributed by atoms with Gasteiger partial charge >= 0.3 is 0 Å². The van der Waals surface area contributed by atoms with Crippen LogP contribution in [-0.4, -0.2) is 49.7 Å². The molecule has 0 bridgehead atoms. The van der Waals surface area contributed by atoms with Crippen molar-refractivity contribution in [1.29, 1.82) is 0 Å². The maximum Gasteiger partial charge on any atom is 0.224 e. The Hall–Kier alpha value is -2.37. The van der Waals surface area contributed by atoms with Gasteiger partial charge < -0.3 is 14.5 Å². The van der Waals surface area contributed by atoms with Crippen LogP contribution in [0.1, 0.15) is 19.4 Å². The van der Waals surface area contributed by atoms with E-state index in [0.29, 0.717) is 18.9 Å². The third kappa shape index (κ3) is 4.21. The Kier molecular flexibility index (Phi) is 5.64. The quantitative estimate of drug-likeness (QED) is 0.710. The molecule has 3 aromatic rings. The van der Waals surface area contributed by atoms with Crippen LogP contribution in [-0.2, 0) is 16.0 Å². The van der Waals surface area contributed by atoms with E-state index in [2.05, 4.69) is 36.2 Å². The summed E-state index contributed by atoms with van der Waals surface area (Å²) >= 11 is 0. The molecule has 1 N–H and O–H groups in total. The summed E-state index contributed by atoms with van der Waals surface area (Å²) in [7, 11) is 0. The molecule has 0 aliphatic carbocycles. The number of furan rings is 1. The Labute approximate surface area is 165 Å². The van der Waals surface area contributed by atoms with Crippen molar-refractivity contribution in [3.63, 3.8) is 0 Å². The van der Waals surface area contributed by atoms with Gasteiger partial charge in [-0.15, -0.1) is 0 Å². The van der Waals surface area contributed by atoms with Crippen molar-refractivity contribution in [2.75, 3.05) is 32.8 Å². The number of carbonyl (C=O) groups is 1. The lowest BCUT2D eigenvalue weighted by atomic mass is 10.0. The monoisotopic (exact) mass is 380 g/mol. The van der Waals surface area contributed by atoms with Crippen molar-refractivity contribution in [2.45, 2.75) is 26.4 Å². The Morgan fingerprint density at radius 1 is 1.25 bits per heavy atom. The van der Waals surface area contributed by atoms with E-state index in [-0.39, 0.29) is 12.0 Å². The molecule has 1 fully saturated rings. The van der Waals surface area contributed by atoms with Gasteiger partial charge in [0.25, 0.3) is 0 Å². The molecular formula is C23H28N2O3. The van der Waals surface area contributed by atoms with E-state index < -0.39 is 0 Å². The fourth-order valence-corrected chi connectivity index (χ4v) is 4.05. The summed E-state index contributed by atoms with van der Waals surface area (Å²) in [5, 5.41) is 6.35. The first-order chi connectivity index (χ1) is 13.6. The number of amides is 1. The number of morpholine rings is 1. The molecule has 0 spiro atoms. The van der Waals surface area contributed by atoms with Crippen LogP contribution >= 0.6 is 0 Å². The topological polar surface area (TPSA) is 54.7 Å². The van der Waals surface area contributed by atoms with Crippen molar-refractivity contribution >= 4 is 27.6 Å². The van der Waals surface area contributed by atoms with Crippen LogP contribution < -0.4 is 5.32 Å². The number of benzene rings is 2. The molecule has 5 nitrogen and oxygen atoms in total. The Bertz CT molecular complexity index is 963. The maximum absolute atomic E-state index is 12.6. The van der Waals surface area contributed by atoms with Gasteiger partial charge in [-0.25, -0.2) is 0 Å². The number of hydrogen-bond donors (Lipinski definition) is 1. The first kappa shape index (κ1) is 19.0. The van der Waals surface area contributed by atoms with Gasteiger partial charge in [0.05, 0.1) is 25.4 Å². The summed E-state index contributed by atoms with van der Waals surface area (Å²) in [5.41, 5.74) is 1.75. The molecule has 1 amide bonds. The summed E-state index contributed by atoms with van der Waals surface area (Å²) in [5.74, 6) is 0.637. The van der Waals surface area contributed by atoms with Gasteiger partial charge in [-0.3, -0.25) is 9.69 Å². The molecule has 1 atom stereocenters. The molecular weight excluding hydrogens is 352 g/mol. The van der Waals surface area contributed by atoms with Crippen LogP contribution in [0.4, 0.5) is 0 Å². The number of fused-ring (bicyclic) bond motifs is 3. The predicted octanol–water partition coefficient (Wildman–Crippen LogP) is 3.60. The Morgan fingerprint density at radius 3 is 2.96 bits per heavy atom. The van der Waals surface area contributed by atoms with E-state index in [1.807, 2.05) is 24.3 Å². The molecule has 1 aliphatic rings. The summed E-state index contributed by atoms with van der Waals surface area (Å²) < 4.78 is 11.5. The van der Waals surface area contributed by atoms with E-state index >= 15 is 0 Å². The molecule has 148 valence electrons. The van der Waals surface area contributed by atoms with Gasteiger partial charge in [0.2, 0.25) is 5.91 Å². The number of hydrogen-bond acceptors (Lipinski definition) is 4. The van der Waals surface area contributed by atoms with Crippen LogP contribution in [0.2, 0.25) is 0 Å². The van der Waals surface area contributed by atoms with Crippen LogP contribution in [0, 0.1) is 5.92 Å². The van der Waals surface area contributed by atoms with E-state index in [1.54, 1.807) is 6.26 Å². The van der Waals surface area contributed by atoms with Crippen molar-refractivity contribution in [3.8, 4) is 0 Å². The minimum atomic E-state index is 0.000201. The van der Waals surface area contributed by atoms with Gasteiger partial charge in [-0.05, 0) is 22.8 Å². The molecule has 1 unspecified atom stereocenters. The molecule has 1 aromatic heterocycles. The third-order valence-corrected chi connectivity index (χ3v) is 5.26. The standard InChI is InChI=1S/C23H28N2O3/c1-16(2)13-25-9-10-27-19(14-25)12-24-22(26)11-18-15-28-21-8-7-17-5-3-4-6-20(17)23(18)21/h3-8,15-16,19H,9-14H2,1-2H3,(H,24,26). The highest BCUT2D eigenvalue weighted by Crippen LogP contribution is 2.30. The van der Waals surface area contributed by atoms with Gasteiger partial charge in [0.15, 0.2) is 0 Å². The fraction of sp³-hybridized carbons (Fsp3) is 0.435. The molecule has 1 aliphatic heterocycles. The molecule has 5 heteroatoms. The SMILES string of the molecule is CC(C)CN1CCOC(CNC(=O)Cc2coc3ccc4ccccc4c23)C1. The first-order valence-electron chi connectivity index (χ1n) is 10.1. The molecule has 0 radical (unpaired) electrons. The lowest BCUT2D eigenvalue weighted by Gasteiger charge is -2.33. The smallest absolute Gasteiger partial charge is 0.224 e. The number of carbonyl (C=O) groups excluding carboxylic acids is 1. The van der Waals surface area contributed by atoms with Gasteiger partial charge in [0.1, 0.15) is 5.58 Å². The van der Waals surface area contributed by atoms with Gasteiger partial charge in [-0.2, -0.15) is 0 Å². The largest absolute Gasteiger partial charge is 0.464 e. The van der Waals surface area contributed by atoms with E-state index in [4.69, 9.17) is 9.15 Å². The number of nitrogens with zero attached hydrogens (tertiary/aromatic N) is 1. The zero-order chi connectivity index (χ0) is 19.5. The Balaban J connectivity index is 1.40. The highest BCUT2D eigenvalue weighted by molar-refractivity contribution is 6.08. The minimum Gasteiger partial charge on any atom is -0.464 e. The zero-order valence-corrected chi connectivity index (χ0v) is 16.6. The van der Waals surface area contributed by atoms with Gasteiger partial charge in [0, 0.05) is 37.1 Å². The van der Waals surface area contributed by atoms with Crippen molar-refractivity contribution < 1.29 is 13.9 Å². The molecule has 2 aromatic carbocycles. The Morgan fingerprint density at radius 2 is 2.11 bits per heavy atom. The summed E-state index contributed by atoms with van der Waals surface area (Å²) in [6, 6.07) is 12.2. The third-order valence-electron chi connectivity index (χ3n) is 5.26. The van der Waals surface area contributed by atoms with Crippen LogP contribution in [0.15, 0.2) is 47.1 Å². The van der Waals surface area contributed by atoms with Crippen LogP contribution in [0.3, 0.4) is 0 Å². The molecule has 0 saturated carbocycles. The predicted molar refractivity (Wildman–Crippen MR) is 111 cm³/mol. The summed E-state index contributed by atoms with van der Waals surface area (Å²) in [6.07, 6.45) is 2.07. The van der Waals surface area contributed by atoms with E-state index in [0.717, 1.165) is 53.5 Å². The highest BCUT2D eigenvalue weighted by atomic mass is 16.5. The fourth-order valence-electron chi connectivity index (χ4n) is 4.05. The number of ether oxygens (including phenoxy) is 1. The second-order valence-corrected chi connectivity index (χ2v) is 8.05. The summed E-state index contributed by atoms with van der Waals surface area (Å²) in [4.78, 5) is 15.0.